The molecule has 0 aliphatic heterocycles. The Morgan fingerprint density at radius 3 is 2.73 bits per heavy atom. The van der Waals surface area contributed by atoms with Crippen LogP contribution in [0.2, 0.25) is 0 Å². The van der Waals surface area contributed by atoms with E-state index in [1.807, 2.05) is 38.1 Å². The first kappa shape index (κ1) is 17.6. The van der Waals surface area contributed by atoms with E-state index < -0.39 is 0 Å². The molecule has 3 aromatic heterocycles. The molecule has 0 bridgehead atoms. The van der Waals surface area contributed by atoms with Gasteiger partial charge < -0.3 is 15.0 Å². The Balaban J connectivity index is 1.70. The van der Waals surface area contributed by atoms with Crippen LogP contribution >= 0.6 is 0 Å². The predicted molar refractivity (Wildman–Crippen MR) is 100 cm³/mol. The number of hydrogen-bond donors (Lipinski definition) is 2. The first-order valence-corrected chi connectivity index (χ1v) is 8.42. The molecule has 0 unspecified atom stereocenters. The van der Waals surface area contributed by atoms with E-state index in [0.717, 1.165) is 16.9 Å². The maximum atomic E-state index is 11.9. The summed E-state index contributed by atoms with van der Waals surface area (Å²) in [6, 6.07) is 7.55. The number of H-pyrrole nitrogens is 1. The van der Waals surface area contributed by atoms with Crippen LogP contribution in [0.4, 0.5) is 5.82 Å². The number of nitrogens with zero attached hydrogens (tertiary/aromatic N) is 3. The van der Waals surface area contributed by atoms with Crippen LogP contribution in [0, 0.1) is 13.8 Å². The lowest BCUT2D eigenvalue weighted by Crippen LogP contribution is -2.14. The molecule has 7 nitrogen and oxygen atoms in total. The Morgan fingerprint density at radius 2 is 2.04 bits per heavy atom. The second kappa shape index (κ2) is 7.77. The van der Waals surface area contributed by atoms with Gasteiger partial charge in [0.05, 0.1) is 6.61 Å². The van der Waals surface area contributed by atoms with E-state index in [0.29, 0.717) is 36.1 Å². The van der Waals surface area contributed by atoms with Crippen molar-refractivity contribution in [2.24, 2.45) is 0 Å². The quantitative estimate of drug-likeness (QED) is 0.709. The molecular formula is C19H21N5O2. The molecule has 7 heteroatoms. The highest BCUT2D eigenvalue weighted by Crippen LogP contribution is 2.16. The summed E-state index contributed by atoms with van der Waals surface area (Å²) >= 11 is 0. The van der Waals surface area contributed by atoms with E-state index in [1.165, 1.54) is 0 Å². The van der Waals surface area contributed by atoms with Crippen molar-refractivity contribution in [3.05, 3.63) is 63.8 Å². The Labute approximate surface area is 151 Å². The van der Waals surface area contributed by atoms with Crippen molar-refractivity contribution in [1.82, 2.24) is 19.9 Å². The van der Waals surface area contributed by atoms with Crippen LogP contribution in [0.25, 0.3) is 11.4 Å². The number of aromatic nitrogens is 4. The van der Waals surface area contributed by atoms with Gasteiger partial charge in [0.2, 0.25) is 5.88 Å². The van der Waals surface area contributed by atoms with Gasteiger partial charge in [-0.15, -0.1) is 0 Å². The van der Waals surface area contributed by atoms with Crippen LogP contribution < -0.4 is 15.6 Å². The van der Waals surface area contributed by atoms with Gasteiger partial charge in [-0.1, -0.05) is 0 Å². The lowest BCUT2D eigenvalue weighted by atomic mass is 10.2. The van der Waals surface area contributed by atoms with Gasteiger partial charge in [-0.2, -0.15) is 0 Å². The summed E-state index contributed by atoms with van der Waals surface area (Å²) in [5.41, 5.74) is 3.03. The van der Waals surface area contributed by atoms with E-state index in [1.54, 1.807) is 19.3 Å². The fourth-order valence-electron chi connectivity index (χ4n) is 2.40. The van der Waals surface area contributed by atoms with Gasteiger partial charge in [0, 0.05) is 41.8 Å². The minimum atomic E-state index is -0.127. The molecule has 0 aromatic carbocycles. The average molecular weight is 351 g/mol. The number of aromatic amines is 1. The summed E-state index contributed by atoms with van der Waals surface area (Å²) in [4.78, 5) is 27.6. The molecule has 3 heterocycles. The predicted octanol–water partition coefficient (Wildman–Crippen LogP) is 2.85. The molecule has 3 aromatic rings. The number of nitrogens with one attached hydrogen (secondary N) is 2. The van der Waals surface area contributed by atoms with E-state index in [-0.39, 0.29) is 5.56 Å². The molecule has 3 rings (SSSR count). The number of ether oxygens (including phenoxy) is 1. The van der Waals surface area contributed by atoms with Crippen molar-refractivity contribution >= 4 is 5.82 Å². The van der Waals surface area contributed by atoms with E-state index in [4.69, 9.17) is 4.74 Å². The molecule has 0 fully saturated rings. The zero-order chi connectivity index (χ0) is 18.5. The van der Waals surface area contributed by atoms with Crippen molar-refractivity contribution in [2.45, 2.75) is 27.3 Å². The van der Waals surface area contributed by atoms with Gasteiger partial charge >= 0.3 is 0 Å². The maximum absolute atomic E-state index is 11.9. The van der Waals surface area contributed by atoms with Crippen LogP contribution in [0.3, 0.4) is 0 Å². The molecule has 0 aliphatic carbocycles. The summed E-state index contributed by atoms with van der Waals surface area (Å²) in [7, 11) is 0. The average Bonchev–Trinajstić information content (AvgIpc) is 2.65. The van der Waals surface area contributed by atoms with Crippen LogP contribution in [0.1, 0.15) is 23.7 Å². The zero-order valence-electron chi connectivity index (χ0n) is 15.0. The fraction of sp³-hybridized carbons (Fsp3) is 0.263. The van der Waals surface area contributed by atoms with E-state index >= 15 is 0 Å². The number of rotatable bonds is 6. The summed E-state index contributed by atoms with van der Waals surface area (Å²) in [5.74, 6) is 1.86. The third-order valence-corrected chi connectivity index (χ3v) is 4.00. The summed E-state index contributed by atoms with van der Waals surface area (Å²) in [5, 5.41) is 3.25. The van der Waals surface area contributed by atoms with E-state index in [2.05, 4.69) is 25.3 Å². The van der Waals surface area contributed by atoms with Crippen molar-refractivity contribution in [2.75, 3.05) is 11.9 Å². The van der Waals surface area contributed by atoms with Crippen LogP contribution in [-0.2, 0) is 6.54 Å². The molecule has 0 radical (unpaired) electrons. The highest BCUT2D eigenvalue weighted by molar-refractivity contribution is 5.56. The van der Waals surface area contributed by atoms with E-state index in [9.17, 15) is 4.79 Å². The molecule has 0 spiro atoms. The molecule has 2 N–H and O–H groups in total. The minimum absolute atomic E-state index is 0.127. The SMILES string of the molecule is CCOc1cc(CNc2ccc(-c3nc(C)c(C)c(=O)[nH]3)cn2)ccn1. The summed E-state index contributed by atoms with van der Waals surface area (Å²) in [6.07, 6.45) is 3.41. The molecule has 134 valence electrons. The summed E-state index contributed by atoms with van der Waals surface area (Å²) < 4.78 is 5.40. The Morgan fingerprint density at radius 1 is 1.19 bits per heavy atom. The van der Waals surface area contributed by atoms with Crippen molar-refractivity contribution in [3.63, 3.8) is 0 Å². The molecular weight excluding hydrogens is 330 g/mol. The van der Waals surface area contributed by atoms with Gasteiger partial charge in [0.15, 0.2) is 0 Å². The monoisotopic (exact) mass is 351 g/mol. The topological polar surface area (TPSA) is 92.8 Å². The number of aryl methyl sites for hydroxylation is 1. The molecule has 0 amide bonds. The first-order valence-electron chi connectivity index (χ1n) is 8.42. The second-order valence-corrected chi connectivity index (χ2v) is 5.85. The highest BCUT2D eigenvalue weighted by atomic mass is 16.5. The first-order chi connectivity index (χ1) is 12.6. The number of anilines is 1. The van der Waals surface area contributed by atoms with Gasteiger partial charge in [-0.05, 0) is 44.5 Å². The van der Waals surface area contributed by atoms with Gasteiger partial charge in [-0.3, -0.25) is 4.79 Å². The second-order valence-electron chi connectivity index (χ2n) is 5.85. The summed E-state index contributed by atoms with van der Waals surface area (Å²) in [6.45, 7) is 6.69. The number of hydrogen-bond acceptors (Lipinski definition) is 6. The molecule has 0 aliphatic rings. The van der Waals surface area contributed by atoms with Crippen molar-refractivity contribution in [3.8, 4) is 17.3 Å². The highest BCUT2D eigenvalue weighted by Gasteiger charge is 2.06. The Bertz CT molecular complexity index is 951. The normalized spacial score (nSPS) is 10.6. The van der Waals surface area contributed by atoms with Crippen LogP contribution in [-0.4, -0.2) is 26.5 Å². The fourth-order valence-corrected chi connectivity index (χ4v) is 2.40. The molecule has 0 saturated heterocycles. The maximum Gasteiger partial charge on any atom is 0.254 e. The van der Waals surface area contributed by atoms with Crippen molar-refractivity contribution in [1.29, 1.82) is 0 Å². The standard InChI is InChI=1S/C19H21N5O2/c1-4-26-17-9-14(7-8-20-17)10-21-16-6-5-15(11-22-16)18-23-13(3)12(2)19(25)24-18/h5-9,11H,4,10H2,1-3H3,(H,21,22)(H,23,24,25). The van der Waals surface area contributed by atoms with Crippen LogP contribution in [0.15, 0.2) is 41.5 Å². The van der Waals surface area contributed by atoms with Gasteiger partial charge in [0.1, 0.15) is 11.6 Å². The third kappa shape index (κ3) is 4.05. The third-order valence-electron chi connectivity index (χ3n) is 4.00. The molecule has 26 heavy (non-hydrogen) atoms. The lowest BCUT2D eigenvalue weighted by molar-refractivity contribution is 0.326. The molecule has 0 saturated carbocycles. The van der Waals surface area contributed by atoms with Gasteiger partial charge in [-0.25, -0.2) is 15.0 Å². The smallest absolute Gasteiger partial charge is 0.254 e. The Hall–Kier alpha value is -3.22. The number of pyridine rings is 2. The van der Waals surface area contributed by atoms with Crippen molar-refractivity contribution < 1.29 is 4.74 Å². The Kier molecular flexibility index (Phi) is 5.26. The minimum Gasteiger partial charge on any atom is -0.478 e. The van der Waals surface area contributed by atoms with Crippen LogP contribution in [0.5, 0.6) is 5.88 Å². The van der Waals surface area contributed by atoms with Gasteiger partial charge in [0.25, 0.3) is 5.56 Å². The molecule has 0 atom stereocenters. The lowest BCUT2D eigenvalue weighted by Gasteiger charge is -2.08. The zero-order valence-corrected chi connectivity index (χ0v) is 15.0. The largest absolute Gasteiger partial charge is 0.478 e.